The lowest BCUT2D eigenvalue weighted by molar-refractivity contribution is -0.134. The highest BCUT2D eigenvalue weighted by Gasteiger charge is 2.24. The number of rotatable bonds is 4. The van der Waals surface area contributed by atoms with Gasteiger partial charge in [-0.3, -0.25) is 9.78 Å². The highest BCUT2D eigenvalue weighted by molar-refractivity contribution is 5.85. The smallest absolute Gasteiger partial charge is 0.239 e. The Balaban J connectivity index is 0.00000180. The number of hydrogen-bond acceptors (Lipinski definition) is 3. The molecule has 106 valence electrons. The summed E-state index contributed by atoms with van der Waals surface area (Å²) in [5.74, 6) is 0.231. The van der Waals surface area contributed by atoms with Crippen molar-refractivity contribution in [2.75, 3.05) is 13.1 Å². The van der Waals surface area contributed by atoms with Gasteiger partial charge in [-0.2, -0.15) is 0 Å². The Morgan fingerprint density at radius 2 is 2.16 bits per heavy atom. The van der Waals surface area contributed by atoms with Crippen molar-refractivity contribution < 1.29 is 4.79 Å². The summed E-state index contributed by atoms with van der Waals surface area (Å²) in [6.07, 6.45) is 6.83. The third kappa shape index (κ3) is 4.48. The molecule has 1 saturated heterocycles. The SMILES string of the molecule is CCN(Cc1ccncc1)C(=O)C1CCCCN1.Cl. The van der Waals surface area contributed by atoms with Gasteiger partial charge >= 0.3 is 0 Å². The second-order valence-electron chi connectivity index (χ2n) is 4.71. The zero-order chi connectivity index (χ0) is 12.8. The van der Waals surface area contributed by atoms with E-state index in [0.29, 0.717) is 6.54 Å². The van der Waals surface area contributed by atoms with E-state index in [2.05, 4.69) is 10.3 Å². The number of halogens is 1. The number of piperidine rings is 1. The van der Waals surface area contributed by atoms with Crippen LogP contribution in [-0.2, 0) is 11.3 Å². The molecule has 1 aliphatic rings. The average molecular weight is 284 g/mol. The maximum atomic E-state index is 12.4. The van der Waals surface area contributed by atoms with Gasteiger partial charge in [-0.15, -0.1) is 12.4 Å². The standard InChI is InChI=1S/C14H21N3O.ClH/c1-2-17(11-12-6-9-15-10-7-12)14(18)13-5-3-4-8-16-13;/h6-7,9-10,13,16H,2-5,8,11H2,1H3;1H. The Hall–Kier alpha value is -1.13. The number of aromatic nitrogens is 1. The fourth-order valence-electron chi connectivity index (χ4n) is 2.34. The quantitative estimate of drug-likeness (QED) is 0.919. The molecule has 4 nitrogen and oxygen atoms in total. The number of nitrogens with zero attached hydrogens (tertiary/aromatic N) is 2. The molecule has 19 heavy (non-hydrogen) atoms. The van der Waals surface area contributed by atoms with E-state index in [-0.39, 0.29) is 24.4 Å². The molecule has 1 atom stereocenters. The number of nitrogens with one attached hydrogen (secondary N) is 1. The molecule has 0 aliphatic carbocycles. The molecule has 1 aliphatic heterocycles. The average Bonchev–Trinajstić information content (AvgIpc) is 2.46. The van der Waals surface area contributed by atoms with Crippen LogP contribution in [0.25, 0.3) is 0 Å². The van der Waals surface area contributed by atoms with Gasteiger partial charge in [0.05, 0.1) is 6.04 Å². The molecule has 1 fully saturated rings. The highest BCUT2D eigenvalue weighted by Crippen LogP contribution is 2.12. The minimum absolute atomic E-state index is 0. The van der Waals surface area contributed by atoms with Gasteiger partial charge in [0, 0.05) is 25.5 Å². The van der Waals surface area contributed by atoms with E-state index in [1.807, 2.05) is 24.0 Å². The molecule has 0 radical (unpaired) electrons. The van der Waals surface area contributed by atoms with Gasteiger partial charge in [0.25, 0.3) is 0 Å². The molecule has 2 heterocycles. The van der Waals surface area contributed by atoms with E-state index in [9.17, 15) is 4.79 Å². The van der Waals surface area contributed by atoms with E-state index < -0.39 is 0 Å². The molecule has 1 unspecified atom stereocenters. The molecule has 0 saturated carbocycles. The maximum absolute atomic E-state index is 12.4. The highest BCUT2D eigenvalue weighted by atomic mass is 35.5. The summed E-state index contributed by atoms with van der Waals surface area (Å²) in [6.45, 7) is 4.42. The number of likely N-dealkylation sites (N-methyl/N-ethyl adjacent to an activating group) is 1. The number of hydrogen-bond donors (Lipinski definition) is 1. The first kappa shape index (κ1) is 15.9. The van der Waals surface area contributed by atoms with Gasteiger partial charge in [-0.05, 0) is 44.0 Å². The summed E-state index contributed by atoms with van der Waals surface area (Å²) in [6, 6.07) is 3.94. The van der Waals surface area contributed by atoms with E-state index in [4.69, 9.17) is 0 Å². The van der Waals surface area contributed by atoms with E-state index in [1.54, 1.807) is 12.4 Å². The number of pyridine rings is 1. The molecule has 0 spiro atoms. The predicted octanol–water partition coefficient (Wildman–Crippen LogP) is 1.99. The molecule has 1 amide bonds. The zero-order valence-corrected chi connectivity index (χ0v) is 12.2. The second-order valence-corrected chi connectivity index (χ2v) is 4.71. The fourth-order valence-corrected chi connectivity index (χ4v) is 2.34. The Morgan fingerprint density at radius 3 is 2.74 bits per heavy atom. The molecular weight excluding hydrogens is 262 g/mol. The second kappa shape index (κ2) is 8.12. The van der Waals surface area contributed by atoms with Crippen molar-refractivity contribution in [2.24, 2.45) is 0 Å². The molecule has 2 rings (SSSR count). The topological polar surface area (TPSA) is 45.2 Å². The van der Waals surface area contributed by atoms with Crippen LogP contribution in [0.5, 0.6) is 0 Å². The summed E-state index contributed by atoms with van der Waals surface area (Å²) in [4.78, 5) is 18.3. The van der Waals surface area contributed by atoms with E-state index in [0.717, 1.165) is 31.5 Å². The predicted molar refractivity (Wildman–Crippen MR) is 78.2 cm³/mol. The zero-order valence-electron chi connectivity index (χ0n) is 11.3. The van der Waals surface area contributed by atoms with E-state index >= 15 is 0 Å². The van der Waals surface area contributed by atoms with Gasteiger partial charge in [-0.25, -0.2) is 0 Å². The van der Waals surface area contributed by atoms with Crippen molar-refractivity contribution >= 4 is 18.3 Å². The van der Waals surface area contributed by atoms with Crippen LogP contribution in [0.2, 0.25) is 0 Å². The molecule has 0 aromatic carbocycles. The van der Waals surface area contributed by atoms with Crippen molar-refractivity contribution in [3.05, 3.63) is 30.1 Å². The van der Waals surface area contributed by atoms with Crippen molar-refractivity contribution in [1.82, 2.24) is 15.2 Å². The molecular formula is C14H22ClN3O. The molecule has 1 aromatic heterocycles. The first-order chi connectivity index (χ1) is 8.81. The van der Waals surface area contributed by atoms with Crippen LogP contribution < -0.4 is 5.32 Å². The molecule has 1 aromatic rings. The van der Waals surface area contributed by atoms with Crippen molar-refractivity contribution in [3.8, 4) is 0 Å². The summed E-state index contributed by atoms with van der Waals surface area (Å²) in [5.41, 5.74) is 1.14. The Morgan fingerprint density at radius 1 is 1.42 bits per heavy atom. The monoisotopic (exact) mass is 283 g/mol. The third-order valence-corrected chi connectivity index (χ3v) is 3.42. The minimum atomic E-state index is 0. The maximum Gasteiger partial charge on any atom is 0.239 e. The van der Waals surface area contributed by atoms with Gasteiger partial charge in [0.15, 0.2) is 0 Å². The third-order valence-electron chi connectivity index (χ3n) is 3.42. The first-order valence-corrected chi connectivity index (χ1v) is 6.72. The van der Waals surface area contributed by atoms with Gasteiger partial charge in [0.2, 0.25) is 5.91 Å². The first-order valence-electron chi connectivity index (χ1n) is 6.72. The lowest BCUT2D eigenvalue weighted by Gasteiger charge is -2.29. The Kier molecular flexibility index (Phi) is 6.81. The number of carbonyl (C=O) groups excluding carboxylic acids is 1. The summed E-state index contributed by atoms with van der Waals surface area (Å²) < 4.78 is 0. The summed E-state index contributed by atoms with van der Waals surface area (Å²) >= 11 is 0. The van der Waals surface area contributed by atoms with Crippen molar-refractivity contribution in [3.63, 3.8) is 0 Å². The minimum Gasteiger partial charge on any atom is -0.337 e. The van der Waals surface area contributed by atoms with Gasteiger partial charge < -0.3 is 10.2 Å². The fraction of sp³-hybridized carbons (Fsp3) is 0.571. The lowest BCUT2D eigenvalue weighted by Crippen LogP contribution is -2.48. The van der Waals surface area contributed by atoms with Crippen LogP contribution in [0.1, 0.15) is 31.7 Å². The molecule has 5 heteroatoms. The van der Waals surface area contributed by atoms with E-state index in [1.165, 1.54) is 6.42 Å². The van der Waals surface area contributed by atoms with Gasteiger partial charge in [-0.1, -0.05) is 6.42 Å². The number of amides is 1. The largest absolute Gasteiger partial charge is 0.337 e. The van der Waals surface area contributed by atoms with Crippen LogP contribution in [0, 0.1) is 0 Å². The van der Waals surface area contributed by atoms with Gasteiger partial charge in [0.1, 0.15) is 0 Å². The van der Waals surface area contributed by atoms with Crippen LogP contribution >= 0.6 is 12.4 Å². The lowest BCUT2D eigenvalue weighted by atomic mass is 10.0. The Bertz CT molecular complexity index is 380. The number of carbonyl (C=O) groups is 1. The molecule has 0 bridgehead atoms. The Labute approximate surface area is 121 Å². The summed E-state index contributed by atoms with van der Waals surface area (Å²) in [7, 11) is 0. The summed E-state index contributed by atoms with van der Waals surface area (Å²) in [5, 5.41) is 3.32. The van der Waals surface area contributed by atoms with Crippen LogP contribution in [0.4, 0.5) is 0 Å². The van der Waals surface area contributed by atoms with Crippen molar-refractivity contribution in [2.45, 2.75) is 38.8 Å². The van der Waals surface area contributed by atoms with Crippen molar-refractivity contribution in [1.29, 1.82) is 0 Å². The van der Waals surface area contributed by atoms with Crippen LogP contribution in [0.15, 0.2) is 24.5 Å². The van der Waals surface area contributed by atoms with Crippen LogP contribution in [0.3, 0.4) is 0 Å². The normalized spacial score (nSPS) is 18.5. The molecule has 1 N–H and O–H groups in total. The van der Waals surface area contributed by atoms with Crippen LogP contribution in [-0.4, -0.2) is 34.9 Å².